The van der Waals surface area contributed by atoms with Crippen LogP contribution >= 0.6 is 23.2 Å². The fourth-order valence-electron chi connectivity index (χ4n) is 5.63. The number of benzene rings is 3. The van der Waals surface area contributed by atoms with Crippen molar-refractivity contribution in [2.75, 3.05) is 26.7 Å². The number of hydrogen-bond acceptors (Lipinski definition) is 4. The van der Waals surface area contributed by atoms with Gasteiger partial charge in [0.25, 0.3) is 0 Å². The Hall–Kier alpha value is -2.57. The molecule has 2 atom stereocenters. The Labute approximate surface area is 255 Å². The Balaban J connectivity index is 1.36. The van der Waals surface area contributed by atoms with Crippen molar-refractivity contribution in [3.63, 3.8) is 0 Å². The van der Waals surface area contributed by atoms with Crippen LogP contribution in [0, 0.1) is 5.92 Å². The summed E-state index contributed by atoms with van der Waals surface area (Å²) in [5, 5.41) is 11.9. The summed E-state index contributed by atoms with van der Waals surface area (Å²) in [5.41, 5.74) is 2.98. The summed E-state index contributed by atoms with van der Waals surface area (Å²) in [6, 6.07) is 23.5. The van der Waals surface area contributed by atoms with E-state index in [4.69, 9.17) is 27.9 Å². The SMILES string of the molecule is CC(C)Oc1cccc(CC(=O)N(C)CC(CCC2CCN(C(O)c3ccccc3)CC2)c2ccc(Cl)c(Cl)c2)c1. The molecule has 1 fully saturated rings. The van der Waals surface area contributed by atoms with E-state index in [1.807, 2.05) is 98.6 Å². The van der Waals surface area contributed by atoms with Gasteiger partial charge in [0.2, 0.25) is 5.91 Å². The van der Waals surface area contributed by atoms with E-state index < -0.39 is 6.23 Å². The van der Waals surface area contributed by atoms with E-state index >= 15 is 0 Å². The Morgan fingerprint density at radius 1 is 0.976 bits per heavy atom. The van der Waals surface area contributed by atoms with Gasteiger partial charge in [0.1, 0.15) is 12.0 Å². The van der Waals surface area contributed by atoms with Gasteiger partial charge < -0.3 is 14.7 Å². The minimum Gasteiger partial charge on any atom is -0.491 e. The monoisotopic (exact) mass is 596 g/mol. The molecule has 0 bridgehead atoms. The highest BCUT2D eigenvalue weighted by Gasteiger charge is 2.26. The molecule has 1 saturated heterocycles. The second-order valence-electron chi connectivity index (χ2n) is 11.5. The lowest BCUT2D eigenvalue weighted by atomic mass is 9.85. The zero-order valence-electron chi connectivity index (χ0n) is 24.3. The predicted molar refractivity (Wildman–Crippen MR) is 168 cm³/mol. The molecule has 220 valence electrons. The molecule has 0 saturated carbocycles. The maximum Gasteiger partial charge on any atom is 0.226 e. The van der Waals surface area contributed by atoms with Crippen LogP contribution in [0.25, 0.3) is 0 Å². The molecule has 4 rings (SSSR count). The first-order chi connectivity index (χ1) is 19.7. The summed E-state index contributed by atoms with van der Waals surface area (Å²) in [7, 11) is 1.88. The number of hydrogen-bond donors (Lipinski definition) is 1. The summed E-state index contributed by atoms with van der Waals surface area (Å²) >= 11 is 12.6. The summed E-state index contributed by atoms with van der Waals surface area (Å²) in [6.45, 7) is 6.33. The van der Waals surface area contributed by atoms with Crippen LogP contribution in [0.15, 0.2) is 72.8 Å². The van der Waals surface area contributed by atoms with Gasteiger partial charge in [-0.25, -0.2) is 0 Å². The molecule has 1 aliphatic rings. The van der Waals surface area contributed by atoms with Crippen LogP contribution in [0.2, 0.25) is 10.0 Å². The molecule has 1 N–H and O–H groups in total. The van der Waals surface area contributed by atoms with Crippen LogP contribution in [-0.2, 0) is 11.2 Å². The molecule has 0 aromatic heterocycles. The molecule has 3 aromatic carbocycles. The van der Waals surface area contributed by atoms with E-state index in [1.165, 1.54) is 0 Å². The molecule has 0 radical (unpaired) electrons. The quantitative estimate of drug-likeness (QED) is 0.232. The van der Waals surface area contributed by atoms with E-state index in [0.29, 0.717) is 28.9 Å². The second kappa shape index (κ2) is 15.1. The molecular formula is C34H42Cl2N2O3. The Kier molecular flexibility index (Phi) is 11.5. The Morgan fingerprint density at radius 2 is 1.71 bits per heavy atom. The molecule has 0 aliphatic carbocycles. The number of aliphatic hydroxyl groups is 1. The lowest BCUT2D eigenvalue weighted by Gasteiger charge is -2.36. The summed E-state index contributed by atoms with van der Waals surface area (Å²) < 4.78 is 5.81. The normalized spacial score (nSPS) is 16.0. The van der Waals surface area contributed by atoms with Gasteiger partial charge in [0.05, 0.1) is 22.6 Å². The van der Waals surface area contributed by atoms with Crippen LogP contribution in [0.5, 0.6) is 5.75 Å². The van der Waals surface area contributed by atoms with Crippen molar-refractivity contribution < 1.29 is 14.6 Å². The van der Waals surface area contributed by atoms with Crippen molar-refractivity contribution in [1.29, 1.82) is 0 Å². The first-order valence-corrected chi connectivity index (χ1v) is 15.4. The number of ether oxygens (including phenoxy) is 1. The first-order valence-electron chi connectivity index (χ1n) is 14.6. The third-order valence-electron chi connectivity index (χ3n) is 7.98. The van der Waals surface area contributed by atoms with Gasteiger partial charge in [-0.3, -0.25) is 9.69 Å². The largest absolute Gasteiger partial charge is 0.491 e. The lowest BCUT2D eigenvalue weighted by molar-refractivity contribution is -0.129. The maximum absolute atomic E-state index is 13.3. The van der Waals surface area contributed by atoms with E-state index in [0.717, 1.165) is 61.2 Å². The summed E-state index contributed by atoms with van der Waals surface area (Å²) in [4.78, 5) is 17.3. The van der Waals surface area contributed by atoms with Gasteiger partial charge in [0, 0.05) is 32.6 Å². The van der Waals surface area contributed by atoms with Crippen LogP contribution in [0.4, 0.5) is 0 Å². The van der Waals surface area contributed by atoms with Gasteiger partial charge in [-0.15, -0.1) is 0 Å². The van der Waals surface area contributed by atoms with Gasteiger partial charge in [-0.1, -0.05) is 71.7 Å². The fraction of sp³-hybridized carbons (Fsp3) is 0.441. The minimum atomic E-state index is -0.557. The Bertz CT molecular complexity index is 1260. The van der Waals surface area contributed by atoms with Crippen LogP contribution in [0.1, 0.15) is 68.4 Å². The second-order valence-corrected chi connectivity index (χ2v) is 12.3. The summed E-state index contributed by atoms with van der Waals surface area (Å²) in [6.07, 6.45) is 3.93. The smallest absolute Gasteiger partial charge is 0.226 e. The van der Waals surface area contributed by atoms with Crippen LogP contribution < -0.4 is 4.74 Å². The van der Waals surface area contributed by atoms with Gasteiger partial charge in [0.15, 0.2) is 0 Å². The van der Waals surface area contributed by atoms with Crippen molar-refractivity contribution >= 4 is 29.1 Å². The molecule has 5 nitrogen and oxygen atoms in total. The zero-order valence-corrected chi connectivity index (χ0v) is 25.8. The maximum atomic E-state index is 13.3. The van der Waals surface area contributed by atoms with Crippen molar-refractivity contribution in [3.8, 4) is 5.75 Å². The van der Waals surface area contributed by atoms with E-state index in [2.05, 4.69) is 4.90 Å². The molecule has 7 heteroatoms. The highest BCUT2D eigenvalue weighted by Crippen LogP contribution is 2.33. The number of carbonyl (C=O) groups excluding carboxylic acids is 1. The topological polar surface area (TPSA) is 53.0 Å². The molecule has 1 amide bonds. The molecule has 3 aromatic rings. The average Bonchev–Trinajstić information content (AvgIpc) is 2.96. The number of aliphatic hydroxyl groups excluding tert-OH is 1. The molecule has 0 spiro atoms. The van der Waals surface area contributed by atoms with Crippen molar-refractivity contribution in [2.45, 2.75) is 64.2 Å². The molecule has 41 heavy (non-hydrogen) atoms. The standard InChI is InChI=1S/C34H42Cl2N2O3/c1-24(2)41-30-11-7-8-26(20-30)21-33(39)37(3)23-29(28-14-15-31(35)32(36)22-28)13-12-25-16-18-38(19-17-25)34(40)27-9-5-4-6-10-27/h4-11,14-15,20,22,24-25,29,34,40H,12-13,16-19,21,23H2,1-3H3. The van der Waals surface area contributed by atoms with Gasteiger partial charge >= 0.3 is 0 Å². The fourth-order valence-corrected chi connectivity index (χ4v) is 5.94. The molecule has 1 heterocycles. The van der Waals surface area contributed by atoms with Gasteiger partial charge in [-0.2, -0.15) is 0 Å². The third-order valence-corrected chi connectivity index (χ3v) is 8.72. The molecular weight excluding hydrogens is 555 g/mol. The van der Waals surface area contributed by atoms with Gasteiger partial charge in [-0.05, 0) is 86.4 Å². The van der Waals surface area contributed by atoms with Crippen LogP contribution in [-0.4, -0.2) is 53.6 Å². The Morgan fingerprint density at radius 3 is 2.39 bits per heavy atom. The van der Waals surface area contributed by atoms with Crippen molar-refractivity contribution in [3.05, 3.63) is 99.5 Å². The first kappa shape index (κ1) is 31.4. The molecule has 2 unspecified atom stereocenters. The lowest BCUT2D eigenvalue weighted by Crippen LogP contribution is -2.37. The number of amides is 1. The molecule has 1 aliphatic heterocycles. The van der Waals surface area contributed by atoms with E-state index in [-0.39, 0.29) is 17.9 Å². The van der Waals surface area contributed by atoms with Crippen molar-refractivity contribution in [2.24, 2.45) is 5.92 Å². The number of halogens is 2. The number of rotatable bonds is 12. The van der Waals surface area contributed by atoms with E-state index in [1.54, 1.807) is 0 Å². The number of likely N-dealkylation sites (N-methyl/N-ethyl adjacent to an activating group) is 1. The predicted octanol–water partition coefficient (Wildman–Crippen LogP) is 7.75. The highest BCUT2D eigenvalue weighted by atomic mass is 35.5. The number of carbonyl (C=O) groups is 1. The third kappa shape index (κ3) is 9.21. The minimum absolute atomic E-state index is 0.0694. The van der Waals surface area contributed by atoms with Crippen LogP contribution in [0.3, 0.4) is 0 Å². The zero-order chi connectivity index (χ0) is 29.4. The number of piperidine rings is 1. The van der Waals surface area contributed by atoms with E-state index in [9.17, 15) is 9.90 Å². The highest BCUT2D eigenvalue weighted by molar-refractivity contribution is 6.42. The number of nitrogens with zero attached hydrogens (tertiary/aromatic N) is 2. The summed E-state index contributed by atoms with van der Waals surface area (Å²) in [5.74, 6) is 1.57. The van der Waals surface area contributed by atoms with Crippen molar-refractivity contribution in [1.82, 2.24) is 9.80 Å². The average molecular weight is 598 g/mol. The number of likely N-dealkylation sites (tertiary alicyclic amines) is 1.